The molecule has 3 rings (SSSR count). The number of halogens is 1. The normalized spacial score (nSPS) is 10.6. The van der Waals surface area contributed by atoms with Crippen LogP contribution < -0.4 is 5.32 Å². The van der Waals surface area contributed by atoms with Crippen molar-refractivity contribution in [3.8, 4) is 11.4 Å². The van der Waals surface area contributed by atoms with Crippen LogP contribution >= 0.6 is 23.4 Å². The Labute approximate surface area is 165 Å². The van der Waals surface area contributed by atoms with E-state index in [-0.39, 0.29) is 17.4 Å². The van der Waals surface area contributed by atoms with Gasteiger partial charge < -0.3 is 9.88 Å². The molecule has 0 saturated carbocycles. The number of hydrogen-bond donors (Lipinski definition) is 1. The summed E-state index contributed by atoms with van der Waals surface area (Å²) in [5.41, 5.74) is 1.92. The molecule has 8 heteroatoms. The second-order valence-electron chi connectivity index (χ2n) is 5.82. The number of thioether (sulfide) groups is 1. The van der Waals surface area contributed by atoms with Gasteiger partial charge in [0.05, 0.1) is 10.8 Å². The smallest absolute Gasteiger partial charge is 0.234 e. The standard InChI is InChI=1S/C19H17ClN4O2S/c1-12(25)13-6-5-7-14(10-13)21-17(26)11-27-19-23-22-18(24(19)2)15-8-3-4-9-16(15)20/h3-10H,11H2,1-2H3,(H,21,26). The molecule has 0 atom stereocenters. The van der Waals surface area contributed by atoms with Gasteiger partial charge in [-0.3, -0.25) is 9.59 Å². The van der Waals surface area contributed by atoms with Gasteiger partial charge in [-0.05, 0) is 31.2 Å². The summed E-state index contributed by atoms with van der Waals surface area (Å²) in [4.78, 5) is 23.6. The highest BCUT2D eigenvalue weighted by Crippen LogP contribution is 2.28. The molecule has 0 radical (unpaired) electrons. The van der Waals surface area contributed by atoms with Crippen LogP contribution in [0.5, 0.6) is 0 Å². The van der Waals surface area contributed by atoms with Crippen molar-refractivity contribution in [2.24, 2.45) is 7.05 Å². The second kappa shape index (κ2) is 8.37. The highest BCUT2D eigenvalue weighted by molar-refractivity contribution is 7.99. The Morgan fingerprint density at radius 2 is 1.93 bits per heavy atom. The Kier molecular flexibility index (Phi) is 5.93. The van der Waals surface area contributed by atoms with E-state index in [1.165, 1.54) is 18.7 Å². The summed E-state index contributed by atoms with van der Waals surface area (Å²) in [6.45, 7) is 1.49. The maximum Gasteiger partial charge on any atom is 0.234 e. The predicted octanol–water partition coefficient (Wildman–Crippen LogP) is 4.07. The van der Waals surface area contributed by atoms with E-state index >= 15 is 0 Å². The van der Waals surface area contributed by atoms with Gasteiger partial charge in [-0.2, -0.15) is 0 Å². The lowest BCUT2D eigenvalue weighted by Crippen LogP contribution is -2.14. The SMILES string of the molecule is CC(=O)c1cccc(NC(=O)CSc2nnc(-c3ccccc3Cl)n2C)c1. The van der Waals surface area contributed by atoms with Gasteiger partial charge in [0, 0.05) is 23.9 Å². The first-order chi connectivity index (χ1) is 13.0. The minimum Gasteiger partial charge on any atom is -0.325 e. The fourth-order valence-electron chi connectivity index (χ4n) is 2.46. The number of ketones is 1. The number of carbonyl (C=O) groups excluding carboxylic acids is 2. The van der Waals surface area contributed by atoms with Gasteiger partial charge in [-0.25, -0.2) is 0 Å². The van der Waals surface area contributed by atoms with Gasteiger partial charge in [0.2, 0.25) is 5.91 Å². The minimum absolute atomic E-state index is 0.0494. The van der Waals surface area contributed by atoms with Crippen molar-refractivity contribution < 1.29 is 9.59 Å². The molecule has 0 aliphatic carbocycles. The number of amides is 1. The van der Waals surface area contributed by atoms with Crippen LogP contribution in [0.1, 0.15) is 17.3 Å². The Bertz CT molecular complexity index is 1000. The molecule has 1 aromatic heterocycles. The molecule has 27 heavy (non-hydrogen) atoms. The van der Waals surface area contributed by atoms with Gasteiger partial charge in [-0.1, -0.05) is 47.6 Å². The number of carbonyl (C=O) groups is 2. The Morgan fingerprint density at radius 1 is 1.15 bits per heavy atom. The quantitative estimate of drug-likeness (QED) is 0.498. The molecule has 2 aromatic carbocycles. The van der Waals surface area contributed by atoms with Gasteiger partial charge in [0.25, 0.3) is 0 Å². The molecule has 6 nitrogen and oxygen atoms in total. The molecular weight excluding hydrogens is 384 g/mol. The van der Waals surface area contributed by atoms with E-state index in [1.54, 1.807) is 34.9 Å². The van der Waals surface area contributed by atoms with Gasteiger partial charge in [0.15, 0.2) is 16.8 Å². The summed E-state index contributed by atoms with van der Waals surface area (Å²) in [6, 6.07) is 14.2. The Balaban J connectivity index is 1.65. The fraction of sp³-hybridized carbons (Fsp3) is 0.158. The zero-order valence-electron chi connectivity index (χ0n) is 14.8. The molecule has 0 spiro atoms. The van der Waals surface area contributed by atoms with Crippen molar-refractivity contribution in [3.05, 3.63) is 59.1 Å². The zero-order valence-corrected chi connectivity index (χ0v) is 16.3. The topological polar surface area (TPSA) is 76.9 Å². The molecule has 1 amide bonds. The van der Waals surface area contributed by atoms with Crippen molar-refractivity contribution >= 4 is 40.7 Å². The van der Waals surface area contributed by atoms with Crippen molar-refractivity contribution in [2.45, 2.75) is 12.1 Å². The molecule has 0 saturated heterocycles. The van der Waals surface area contributed by atoms with Crippen molar-refractivity contribution in [1.82, 2.24) is 14.8 Å². The Hall–Kier alpha value is -2.64. The molecule has 0 aliphatic rings. The molecular formula is C19H17ClN4O2S. The van der Waals surface area contributed by atoms with Crippen LogP contribution in [0.15, 0.2) is 53.7 Å². The van der Waals surface area contributed by atoms with E-state index in [4.69, 9.17) is 11.6 Å². The average molecular weight is 401 g/mol. The van der Waals surface area contributed by atoms with Gasteiger partial charge in [0.1, 0.15) is 0 Å². The monoisotopic (exact) mass is 400 g/mol. The summed E-state index contributed by atoms with van der Waals surface area (Å²) >= 11 is 7.49. The number of aromatic nitrogens is 3. The van der Waals surface area contributed by atoms with E-state index < -0.39 is 0 Å². The van der Waals surface area contributed by atoms with E-state index in [0.29, 0.717) is 27.3 Å². The maximum atomic E-state index is 12.2. The molecule has 3 aromatic rings. The molecule has 1 N–H and O–H groups in total. The molecule has 0 bridgehead atoms. The minimum atomic E-state index is -0.192. The third kappa shape index (κ3) is 4.56. The van der Waals surface area contributed by atoms with Gasteiger partial charge >= 0.3 is 0 Å². The van der Waals surface area contributed by atoms with Crippen molar-refractivity contribution in [3.63, 3.8) is 0 Å². The zero-order chi connectivity index (χ0) is 19.4. The lowest BCUT2D eigenvalue weighted by atomic mass is 10.1. The number of Topliss-reactive ketones (excluding diaryl/α,β-unsaturated/α-hetero) is 1. The van der Waals surface area contributed by atoms with E-state index in [9.17, 15) is 9.59 Å². The second-order valence-corrected chi connectivity index (χ2v) is 7.17. The first kappa shape index (κ1) is 19.1. The Morgan fingerprint density at radius 3 is 2.67 bits per heavy atom. The highest BCUT2D eigenvalue weighted by Gasteiger charge is 2.15. The number of nitrogens with zero attached hydrogens (tertiary/aromatic N) is 3. The number of anilines is 1. The van der Waals surface area contributed by atoms with Crippen LogP contribution in [-0.4, -0.2) is 32.2 Å². The third-order valence-corrected chi connectivity index (χ3v) is 5.18. The highest BCUT2D eigenvalue weighted by atomic mass is 35.5. The third-order valence-electron chi connectivity index (χ3n) is 3.83. The fourth-order valence-corrected chi connectivity index (χ4v) is 3.39. The average Bonchev–Trinajstić information content (AvgIpc) is 3.01. The first-order valence-corrected chi connectivity index (χ1v) is 9.50. The number of rotatable bonds is 6. The number of benzene rings is 2. The predicted molar refractivity (Wildman–Crippen MR) is 107 cm³/mol. The summed E-state index contributed by atoms with van der Waals surface area (Å²) < 4.78 is 1.80. The number of hydrogen-bond acceptors (Lipinski definition) is 5. The van der Waals surface area contributed by atoms with Crippen molar-refractivity contribution in [2.75, 3.05) is 11.1 Å². The number of nitrogens with one attached hydrogen (secondary N) is 1. The lowest BCUT2D eigenvalue weighted by Gasteiger charge is -2.07. The van der Waals surface area contributed by atoms with E-state index in [1.807, 2.05) is 25.2 Å². The van der Waals surface area contributed by atoms with Crippen molar-refractivity contribution in [1.29, 1.82) is 0 Å². The largest absolute Gasteiger partial charge is 0.325 e. The summed E-state index contributed by atoms with van der Waals surface area (Å²) in [7, 11) is 1.83. The summed E-state index contributed by atoms with van der Waals surface area (Å²) in [5.74, 6) is 0.561. The van der Waals surface area contributed by atoms with Crippen LogP contribution in [0.4, 0.5) is 5.69 Å². The molecule has 0 fully saturated rings. The molecule has 138 valence electrons. The molecule has 0 unspecified atom stereocenters. The molecule has 1 heterocycles. The summed E-state index contributed by atoms with van der Waals surface area (Å²) in [5, 5.41) is 12.3. The van der Waals surface area contributed by atoms with Crippen LogP contribution in [0.3, 0.4) is 0 Å². The van der Waals surface area contributed by atoms with E-state index in [0.717, 1.165) is 5.56 Å². The summed E-state index contributed by atoms with van der Waals surface area (Å²) in [6.07, 6.45) is 0. The van der Waals surface area contributed by atoms with Crippen LogP contribution in [-0.2, 0) is 11.8 Å². The van der Waals surface area contributed by atoms with Crippen LogP contribution in [0.25, 0.3) is 11.4 Å². The van der Waals surface area contributed by atoms with E-state index in [2.05, 4.69) is 15.5 Å². The van der Waals surface area contributed by atoms with Crippen LogP contribution in [0.2, 0.25) is 5.02 Å². The van der Waals surface area contributed by atoms with Crippen LogP contribution in [0, 0.1) is 0 Å². The first-order valence-electron chi connectivity index (χ1n) is 8.13. The van der Waals surface area contributed by atoms with Gasteiger partial charge in [-0.15, -0.1) is 10.2 Å². The maximum absolute atomic E-state index is 12.2. The lowest BCUT2D eigenvalue weighted by molar-refractivity contribution is -0.113. The molecule has 0 aliphatic heterocycles.